The van der Waals surface area contributed by atoms with E-state index in [0.29, 0.717) is 29.9 Å². The zero-order chi connectivity index (χ0) is 25.7. The van der Waals surface area contributed by atoms with Crippen LogP contribution in [0.25, 0.3) is 10.9 Å². The van der Waals surface area contributed by atoms with Crippen molar-refractivity contribution in [2.24, 2.45) is 0 Å². The van der Waals surface area contributed by atoms with Crippen LogP contribution in [0.4, 0.5) is 11.8 Å². The van der Waals surface area contributed by atoms with Gasteiger partial charge in [-0.15, -0.1) is 0 Å². The number of carbonyl (C=O) groups excluding carboxylic acids is 1. The highest BCUT2D eigenvalue weighted by molar-refractivity contribution is 6.30. The maximum atomic E-state index is 12.6. The van der Waals surface area contributed by atoms with Gasteiger partial charge in [-0.25, -0.2) is 4.98 Å². The number of nitrogens with zero attached hydrogens (tertiary/aromatic N) is 3. The Bertz CT molecular complexity index is 1170. The molecule has 2 N–H and O–H groups in total. The number of amides is 1. The zero-order valence-electron chi connectivity index (χ0n) is 21.6. The van der Waals surface area contributed by atoms with Gasteiger partial charge in [-0.3, -0.25) is 4.79 Å². The van der Waals surface area contributed by atoms with E-state index in [4.69, 9.17) is 26.3 Å². The van der Waals surface area contributed by atoms with Crippen molar-refractivity contribution >= 4 is 40.2 Å². The normalized spacial score (nSPS) is 18.0. The maximum Gasteiger partial charge on any atom is 0.225 e. The zero-order valence-corrected chi connectivity index (χ0v) is 22.3. The van der Waals surface area contributed by atoms with E-state index in [1.165, 1.54) is 0 Å². The van der Waals surface area contributed by atoms with Crippen molar-refractivity contribution in [3.63, 3.8) is 0 Å². The molecule has 192 valence electrons. The van der Waals surface area contributed by atoms with Gasteiger partial charge in [-0.2, -0.15) is 4.98 Å². The van der Waals surface area contributed by atoms with Crippen LogP contribution in [0.2, 0.25) is 5.02 Å². The predicted molar refractivity (Wildman–Crippen MR) is 147 cm³/mol. The number of ether oxygens (including phenoxy) is 1. The Morgan fingerprint density at radius 3 is 2.39 bits per heavy atom. The summed E-state index contributed by atoms with van der Waals surface area (Å²) in [4.78, 5) is 24.1. The summed E-state index contributed by atoms with van der Waals surface area (Å²) in [6, 6.07) is 15.9. The smallest absolute Gasteiger partial charge is 0.225 e. The lowest BCUT2D eigenvalue weighted by atomic mass is 9.91. The number of halogens is 1. The van der Waals surface area contributed by atoms with Gasteiger partial charge in [0.2, 0.25) is 11.9 Å². The van der Waals surface area contributed by atoms with Crippen LogP contribution < -0.4 is 20.3 Å². The third-order valence-electron chi connectivity index (χ3n) is 6.59. The van der Waals surface area contributed by atoms with Gasteiger partial charge < -0.3 is 20.3 Å². The number of para-hydroxylation sites is 1. The van der Waals surface area contributed by atoms with Gasteiger partial charge in [-0.05, 0) is 82.3 Å². The number of hydrogen-bond donors (Lipinski definition) is 2. The molecule has 36 heavy (non-hydrogen) atoms. The average Bonchev–Trinajstić information content (AvgIpc) is 2.85. The predicted octanol–water partition coefficient (Wildman–Crippen LogP) is 5.83. The van der Waals surface area contributed by atoms with E-state index in [1.807, 2.05) is 69.2 Å². The van der Waals surface area contributed by atoms with E-state index in [1.54, 1.807) is 12.1 Å². The van der Waals surface area contributed by atoms with E-state index in [9.17, 15) is 4.79 Å². The summed E-state index contributed by atoms with van der Waals surface area (Å²) < 4.78 is 6.06. The number of carbonyl (C=O) groups is 1. The minimum atomic E-state index is -0.446. The molecule has 1 aliphatic rings. The number of rotatable bonds is 9. The van der Waals surface area contributed by atoms with Gasteiger partial charge in [0.05, 0.1) is 5.52 Å². The molecule has 0 saturated heterocycles. The molecule has 4 rings (SSSR count). The number of nitrogens with one attached hydrogen (secondary N) is 2. The lowest BCUT2D eigenvalue weighted by Gasteiger charge is -2.30. The molecule has 1 amide bonds. The molecule has 0 bridgehead atoms. The Morgan fingerprint density at radius 1 is 1.03 bits per heavy atom. The van der Waals surface area contributed by atoms with E-state index in [2.05, 4.69) is 10.6 Å². The second-order valence-corrected chi connectivity index (χ2v) is 10.8. The summed E-state index contributed by atoms with van der Waals surface area (Å²) in [5, 5.41) is 8.46. The van der Waals surface area contributed by atoms with Crippen molar-refractivity contribution in [3.05, 3.63) is 53.6 Å². The molecule has 1 aliphatic carbocycles. The molecular weight excluding hydrogens is 474 g/mol. The molecule has 2 aromatic carbocycles. The third-order valence-corrected chi connectivity index (χ3v) is 6.85. The van der Waals surface area contributed by atoms with Gasteiger partial charge in [0.1, 0.15) is 17.2 Å². The molecule has 0 aliphatic heterocycles. The first-order valence-corrected chi connectivity index (χ1v) is 13.0. The van der Waals surface area contributed by atoms with Gasteiger partial charge >= 0.3 is 0 Å². The fourth-order valence-corrected chi connectivity index (χ4v) is 4.74. The van der Waals surface area contributed by atoms with E-state index >= 15 is 0 Å². The molecule has 1 saturated carbocycles. The molecule has 7 nitrogen and oxygen atoms in total. The number of anilines is 2. The Hall–Kier alpha value is -3.06. The highest BCUT2D eigenvalue weighted by Gasteiger charge is 2.25. The monoisotopic (exact) mass is 509 g/mol. The van der Waals surface area contributed by atoms with Gasteiger partial charge in [0.25, 0.3) is 0 Å². The largest absolute Gasteiger partial charge is 0.488 e. The topological polar surface area (TPSA) is 79.4 Å². The Morgan fingerprint density at radius 2 is 1.69 bits per heavy atom. The molecule has 3 aromatic rings. The molecule has 0 radical (unpaired) electrons. The first kappa shape index (κ1) is 26.0. The minimum Gasteiger partial charge on any atom is -0.488 e. The van der Waals surface area contributed by atoms with Crippen LogP contribution in [0.1, 0.15) is 52.4 Å². The third kappa shape index (κ3) is 7.00. The maximum absolute atomic E-state index is 12.6. The van der Waals surface area contributed by atoms with Gasteiger partial charge in [-0.1, -0.05) is 23.7 Å². The number of hydrogen-bond acceptors (Lipinski definition) is 6. The Kier molecular flexibility index (Phi) is 8.19. The molecule has 1 fully saturated rings. The quantitative estimate of drug-likeness (QED) is 0.378. The van der Waals surface area contributed by atoms with Crippen LogP contribution in [0.15, 0.2) is 48.5 Å². The fourth-order valence-electron chi connectivity index (χ4n) is 4.62. The summed E-state index contributed by atoms with van der Waals surface area (Å²) in [5.74, 6) is 2.40. The van der Waals surface area contributed by atoms with E-state index in [0.717, 1.165) is 48.2 Å². The second-order valence-electron chi connectivity index (χ2n) is 10.4. The van der Waals surface area contributed by atoms with Crippen LogP contribution >= 0.6 is 11.6 Å². The summed E-state index contributed by atoms with van der Waals surface area (Å²) in [5.41, 5.74) is 0.487. The Labute approximate surface area is 218 Å². The van der Waals surface area contributed by atoms with Crippen molar-refractivity contribution in [1.82, 2.24) is 15.3 Å². The average molecular weight is 510 g/mol. The number of fused-ring (bicyclic) bond motifs is 1. The molecule has 0 spiro atoms. The van der Waals surface area contributed by atoms with Crippen molar-refractivity contribution in [3.8, 4) is 5.75 Å². The van der Waals surface area contributed by atoms with Crippen LogP contribution in [-0.2, 0) is 4.79 Å². The van der Waals surface area contributed by atoms with Gasteiger partial charge in [0, 0.05) is 43.0 Å². The first-order chi connectivity index (χ1) is 17.2. The second kappa shape index (κ2) is 11.3. The summed E-state index contributed by atoms with van der Waals surface area (Å²) in [7, 11) is 3.99. The summed E-state index contributed by atoms with van der Waals surface area (Å²) >= 11 is 5.95. The minimum absolute atomic E-state index is 0.0766. The van der Waals surface area contributed by atoms with Crippen LogP contribution in [0, 0.1) is 0 Å². The van der Waals surface area contributed by atoms with Crippen molar-refractivity contribution in [1.29, 1.82) is 0 Å². The fraction of sp³-hybridized carbons (Fsp3) is 0.464. The van der Waals surface area contributed by atoms with E-state index in [-0.39, 0.29) is 11.9 Å². The lowest BCUT2D eigenvalue weighted by Crippen LogP contribution is -2.41. The van der Waals surface area contributed by atoms with Crippen molar-refractivity contribution < 1.29 is 9.53 Å². The van der Waals surface area contributed by atoms with E-state index < -0.39 is 5.60 Å². The number of aromatic nitrogens is 2. The summed E-state index contributed by atoms with van der Waals surface area (Å²) in [6.45, 7) is 4.00. The highest BCUT2D eigenvalue weighted by atomic mass is 35.5. The SMILES string of the molecule is CN(C)c1nc(NC2CCC(NC(=O)CCC(C)(C)Oc3ccc(Cl)cc3)CC2)nc2ccccc12. The van der Waals surface area contributed by atoms with Crippen LogP contribution in [0.3, 0.4) is 0 Å². The lowest BCUT2D eigenvalue weighted by molar-refractivity contribution is -0.122. The Balaban J connectivity index is 1.24. The first-order valence-electron chi connectivity index (χ1n) is 12.6. The molecule has 0 atom stereocenters. The van der Waals surface area contributed by atoms with Crippen molar-refractivity contribution in [2.75, 3.05) is 24.3 Å². The molecule has 1 aromatic heterocycles. The van der Waals surface area contributed by atoms with Gasteiger partial charge in [0.15, 0.2) is 0 Å². The summed E-state index contributed by atoms with van der Waals surface area (Å²) in [6.07, 6.45) is 4.85. The van der Waals surface area contributed by atoms with Crippen molar-refractivity contribution in [2.45, 2.75) is 70.1 Å². The van der Waals surface area contributed by atoms with Crippen LogP contribution in [0.5, 0.6) is 5.75 Å². The molecular formula is C28H36ClN5O2. The molecule has 1 heterocycles. The highest BCUT2D eigenvalue weighted by Crippen LogP contribution is 2.27. The standard InChI is InChI=1S/C28H36ClN5O2/c1-28(2,36-22-15-9-19(29)10-16-22)18-17-25(35)30-20-11-13-21(14-12-20)31-27-32-24-8-6-5-7-23(24)26(33-27)34(3)4/h5-10,15-16,20-21H,11-14,17-18H2,1-4H3,(H,30,35)(H,31,32,33). The van der Waals surface area contributed by atoms with Crippen LogP contribution in [-0.4, -0.2) is 47.7 Å². The molecule has 8 heteroatoms. The molecule has 0 unspecified atom stereocenters. The number of benzene rings is 2.